The first-order valence-corrected chi connectivity index (χ1v) is 7.21. The molecule has 2 aromatic heterocycles. The monoisotopic (exact) mass is 302 g/mol. The highest BCUT2D eigenvalue weighted by Gasteiger charge is 2.08. The van der Waals surface area contributed by atoms with E-state index in [9.17, 15) is 0 Å². The summed E-state index contributed by atoms with van der Waals surface area (Å²) in [6.07, 6.45) is 0.830. The maximum Gasteiger partial charge on any atom is 0.176 e. The fourth-order valence-electron chi connectivity index (χ4n) is 1.20. The molecule has 0 fully saturated rings. The summed E-state index contributed by atoms with van der Waals surface area (Å²) in [6.45, 7) is 2.36. The van der Waals surface area contributed by atoms with E-state index in [4.69, 9.17) is 16.3 Å². The normalized spacial score (nSPS) is 10.8. The van der Waals surface area contributed by atoms with Crippen LogP contribution in [0.5, 0.6) is 0 Å². The average molecular weight is 303 g/mol. The molecule has 96 valence electrons. The molecule has 0 saturated carbocycles. The van der Waals surface area contributed by atoms with Crippen LogP contribution in [-0.2, 0) is 17.8 Å². The minimum absolute atomic E-state index is 0.338. The number of hydrogen-bond acceptors (Lipinski definition) is 7. The summed E-state index contributed by atoms with van der Waals surface area (Å²) in [5.74, 6) is 1.41. The number of aromatic nitrogens is 4. The Labute approximate surface area is 118 Å². The van der Waals surface area contributed by atoms with Crippen LogP contribution in [0.3, 0.4) is 0 Å². The van der Waals surface area contributed by atoms with Crippen molar-refractivity contribution in [3.63, 3.8) is 0 Å². The van der Waals surface area contributed by atoms with Crippen molar-refractivity contribution in [3.8, 4) is 0 Å². The van der Waals surface area contributed by atoms with Gasteiger partial charge in [0.1, 0.15) is 22.6 Å². The van der Waals surface area contributed by atoms with Gasteiger partial charge in [0.2, 0.25) is 0 Å². The highest BCUT2D eigenvalue weighted by Crippen LogP contribution is 2.28. The van der Waals surface area contributed by atoms with Gasteiger partial charge in [0.25, 0.3) is 0 Å². The second kappa shape index (κ2) is 6.42. The molecule has 2 aromatic rings. The van der Waals surface area contributed by atoms with E-state index >= 15 is 0 Å². The van der Waals surface area contributed by atoms with E-state index in [-0.39, 0.29) is 0 Å². The SMILES string of the molecule is CCc1nsc(Sc2cc(Cl)nc(COC)n2)n1. The number of methoxy groups -OCH3 is 1. The molecule has 5 nitrogen and oxygen atoms in total. The van der Waals surface area contributed by atoms with Gasteiger partial charge in [0, 0.05) is 19.6 Å². The number of halogens is 1. The van der Waals surface area contributed by atoms with Gasteiger partial charge in [-0.2, -0.15) is 4.37 Å². The largest absolute Gasteiger partial charge is 0.377 e. The maximum atomic E-state index is 5.93. The van der Waals surface area contributed by atoms with Gasteiger partial charge in [-0.1, -0.05) is 18.5 Å². The van der Waals surface area contributed by atoms with Crippen molar-refractivity contribution in [2.45, 2.75) is 29.3 Å². The average Bonchev–Trinajstić information content (AvgIpc) is 2.76. The molecule has 0 unspecified atom stereocenters. The second-order valence-electron chi connectivity index (χ2n) is 3.31. The van der Waals surface area contributed by atoms with Gasteiger partial charge in [0.15, 0.2) is 10.2 Å². The van der Waals surface area contributed by atoms with Crippen LogP contribution in [0.4, 0.5) is 0 Å². The molecule has 0 atom stereocenters. The Balaban J connectivity index is 2.17. The van der Waals surface area contributed by atoms with Gasteiger partial charge in [-0.3, -0.25) is 0 Å². The van der Waals surface area contributed by atoms with Gasteiger partial charge in [-0.25, -0.2) is 15.0 Å². The van der Waals surface area contributed by atoms with Gasteiger partial charge in [-0.15, -0.1) is 0 Å². The number of hydrogen-bond donors (Lipinski definition) is 0. The summed E-state index contributed by atoms with van der Waals surface area (Å²) in [6, 6.07) is 1.71. The Hall–Kier alpha value is -0.760. The molecule has 0 amide bonds. The van der Waals surface area contributed by atoms with Gasteiger partial charge in [0.05, 0.1) is 0 Å². The van der Waals surface area contributed by atoms with Crippen molar-refractivity contribution >= 4 is 34.9 Å². The van der Waals surface area contributed by atoms with E-state index in [1.807, 2.05) is 6.92 Å². The lowest BCUT2D eigenvalue weighted by atomic mass is 10.5. The predicted molar refractivity (Wildman–Crippen MR) is 71.2 cm³/mol. The molecular formula is C10H11ClN4OS2. The molecule has 8 heteroatoms. The van der Waals surface area contributed by atoms with Gasteiger partial charge < -0.3 is 4.74 Å². The zero-order valence-corrected chi connectivity index (χ0v) is 12.3. The number of rotatable bonds is 5. The Kier molecular flexibility index (Phi) is 4.87. The van der Waals surface area contributed by atoms with Crippen LogP contribution in [0.15, 0.2) is 15.4 Å². The predicted octanol–water partition coefficient (Wildman–Crippen LogP) is 2.84. The van der Waals surface area contributed by atoms with Crippen LogP contribution in [0.25, 0.3) is 0 Å². The molecular weight excluding hydrogens is 292 g/mol. The summed E-state index contributed by atoms with van der Waals surface area (Å²) in [7, 11) is 1.59. The van der Waals surface area contributed by atoms with Crippen LogP contribution in [-0.4, -0.2) is 26.4 Å². The molecule has 0 bridgehead atoms. The van der Waals surface area contributed by atoms with Crippen LogP contribution < -0.4 is 0 Å². The summed E-state index contributed by atoms with van der Waals surface area (Å²) < 4.78 is 10.1. The molecule has 0 saturated heterocycles. The van der Waals surface area contributed by atoms with Gasteiger partial charge in [-0.05, 0) is 23.3 Å². The molecule has 0 aromatic carbocycles. The highest BCUT2D eigenvalue weighted by molar-refractivity contribution is 8.00. The van der Waals surface area contributed by atoms with E-state index in [0.29, 0.717) is 17.6 Å². The molecule has 18 heavy (non-hydrogen) atoms. The minimum Gasteiger partial charge on any atom is -0.377 e. The van der Waals surface area contributed by atoms with Crippen LogP contribution in [0.2, 0.25) is 5.15 Å². The Morgan fingerprint density at radius 2 is 2.17 bits per heavy atom. The summed E-state index contributed by atoms with van der Waals surface area (Å²) in [4.78, 5) is 12.8. The third-order valence-corrected chi connectivity index (χ3v) is 3.85. The van der Waals surface area contributed by atoms with E-state index in [1.165, 1.54) is 23.3 Å². The minimum atomic E-state index is 0.338. The smallest absolute Gasteiger partial charge is 0.176 e. The van der Waals surface area contributed by atoms with Crippen molar-refractivity contribution in [1.29, 1.82) is 0 Å². The molecule has 2 rings (SSSR count). The lowest BCUT2D eigenvalue weighted by molar-refractivity contribution is 0.177. The summed E-state index contributed by atoms with van der Waals surface area (Å²) in [5, 5.41) is 1.15. The number of aryl methyl sites for hydroxylation is 1. The fraction of sp³-hybridized carbons (Fsp3) is 0.400. The zero-order valence-electron chi connectivity index (χ0n) is 9.88. The zero-order chi connectivity index (χ0) is 13.0. The van der Waals surface area contributed by atoms with Crippen molar-refractivity contribution in [1.82, 2.24) is 19.3 Å². The number of ether oxygens (including phenoxy) is 1. The highest BCUT2D eigenvalue weighted by atomic mass is 35.5. The molecule has 0 N–H and O–H groups in total. The summed E-state index contributed by atoms with van der Waals surface area (Å²) >= 11 is 8.72. The third-order valence-electron chi connectivity index (χ3n) is 1.95. The molecule has 0 spiro atoms. The van der Waals surface area contributed by atoms with Crippen LogP contribution >= 0.6 is 34.9 Å². The maximum absolute atomic E-state index is 5.93. The molecule has 0 radical (unpaired) electrons. The Morgan fingerprint density at radius 1 is 1.33 bits per heavy atom. The molecule has 0 aliphatic heterocycles. The van der Waals surface area contributed by atoms with Crippen molar-refractivity contribution in [3.05, 3.63) is 22.9 Å². The van der Waals surface area contributed by atoms with Crippen molar-refractivity contribution < 1.29 is 4.74 Å². The van der Waals surface area contributed by atoms with Crippen molar-refractivity contribution in [2.75, 3.05) is 7.11 Å². The fourth-order valence-corrected chi connectivity index (χ4v) is 3.13. The van der Waals surface area contributed by atoms with E-state index in [0.717, 1.165) is 21.6 Å². The Morgan fingerprint density at radius 3 is 2.83 bits per heavy atom. The number of nitrogens with zero attached hydrogens (tertiary/aromatic N) is 4. The molecule has 0 aliphatic rings. The standard InChI is InChI=1S/C10H11ClN4OS2/c1-3-7-14-10(18-15-7)17-9-4-6(11)12-8(13-9)5-16-2/h4H,3,5H2,1-2H3. The van der Waals surface area contributed by atoms with E-state index < -0.39 is 0 Å². The van der Waals surface area contributed by atoms with Crippen LogP contribution in [0, 0.1) is 0 Å². The molecule has 0 aliphatic carbocycles. The third kappa shape index (κ3) is 3.61. The Bertz CT molecular complexity index is 534. The lowest BCUT2D eigenvalue weighted by Gasteiger charge is -2.02. The topological polar surface area (TPSA) is 60.8 Å². The van der Waals surface area contributed by atoms with Gasteiger partial charge >= 0.3 is 0 Å². The van der Waals surface area contributed by atoms with E-state index in [2.05, 4.69) is 19.3 Å². The van der Waals surface area contributed by atoms with E-state index in [1.54, 1.807) is 13.2 Å². The second-order valence-corrected chi connectivity index (χ2v) is 5.72. The lowest BCUT2D eigenvalue weighted by Crippen LogP contribution is -1.98. The summed E-state index contributed by atoms with van der Waals surface area (Å²) in [5.41, 5.74) is 0. The first-order chi connectivity index (χ1) is 8.71. The quantitative estimate of drug-likeness (QED) is 0.792. The van der Waals surface area contributed by atoms with Crippen LogP contribution in [0.1, 0.15) is 18.6 Å². The van der Waals surface area contributed by atoms with Crippen molar-refractivity contribution in [2.24, 2.45) is 0 Å². The molecule has 2 heterocycles. The first-order valence-electron chi connectivity index (χ1n) is 5.24. The first kappa shape index (κ1) is 13.7.